The number of hydrogen-bond acceptors (Lipinski definition) is 6. The van der Waals surface area contributed by atoms with Gasteiger partial charge in [0.1, 0.15) is 10.8 Å². The Bertz CT molecular complexity index is 746. The summed E-state index contributed by atoms with van der Waals surface area (Å²) in [5.74, 6) is 0.496. The van der Waals surface area contributed by atoms with E-state index < -0.39 is 0 Å². The summed E-state index contributed by atoms with van der Waals surface area (Å²) in [7, 11) is 0. The minimum atomic E-state index is -0.208. The molecule has 7 nitrogen and oxygen atoms in total. The van der Waals surface area contributed by atoms with Crippen molar-refractivity contribution in [1.29, 1.82) is 0 Å². The number of benzene rings is 1. The molecule has 1 aromatic heterocycles. The average Bonchev–Trinajstić information content (AvgIpc) is 3.08. The molecule has 1 heterocycles. The molecule has 0 saturated carbocycles. The molecule has 0 bridgehead atoms. The number of aromatic nitrogens is 2. The Hall–Kier alpha value is -2.48. The standard InChI is InChI=1S/C18H24N4O3S/c1-4-25-14-9-6-5-8-13(14)16(24)19-11-7-10-15(23)20-18-22-21-17(26-18)12(2)3/h5-6,8-9,12H,4,7,10-11H2,1-3H3,(H,19,24)(H,20,22,23). The van der Waals surface area contributed by atoms with Crippen molar-refractivity contribution in [3.63, 3.8) is 0 Å². The number of carbonyl (C=O) groups is 2. The summed E-state index contributed by atoms with van der Waals surface area (Å²) in [5, 5.41) is 14.9. The molecule has 0 fully saturated rings. The molecule has 1 aromatic carbocycles. The lowest BCUT2D eigenvalue weighted by Gasteiger charge is -2.10. The van der Waals surface area contributed by atoms with E-state index in [1.165, 1.54) is 11.3 Å². The molecule has 0 aliphatic carbocycles. The molecule has 0 aliphatic heterocycles. The zero-order valence-electron chi connectivity index (χ0n) is 15.2. The molecule has 2 rings (SSSR count). The largest absolute Gasteiger partial charge is 0.493 e. The Kier molecular flexibility index (Phi) is 7.53. The van der Waals surface area contributed by atoms with E-state index in [9.17, 15) is 9.59 Å². The van der Waals surface area contributed by atoms with E-state index in [2.05, 4.69) is 20.8 Å². The minimum Gasteiger partial charge on any atom is -0.493 e. The highest BCUT2D eigenvalue weighted by molar-refractivity contribution is 7.15. The van der Waals surface area contributed by atoms with Crippen LogP contribution in [0.3, 0.4) is 0 Å². The molecule has 2 N–H and O–H groups in total. The van der Waals surface area contributed by atoms with Gasteiger partial charge in [0.2, 0.25) is 11.0 Å². The minimum absolute atomic E-state index is 0.138. The number of anilines is 1. The van der Waals surface area contributed by atoms with Crippen molar-refractivity contribution in [1.82, 2.24) is 15.5 Å². The fourth-order valence-electron chi connectivity index (χ4n) is 2.18. The monoisotopic (exact) mass is 376 g/mol. The van der Waals surface area contributed by atoms with Gasteiger partial charge in [-0.05, 0) is 25.5 Å². The maximum absolute atomic E-state index is 12.2. The Morgan fingerprint density at radius 3 is 2.69 bits per heavy atom. The second kappa shape index (κ2) is 9.86. The first-order valence-electron chi connectivity index (χ1n) is 8.64. The van der Waals surface area contributed by atoms with Crippen molar-refractivity contribution in [2.45, 2.75) is 39.5 Å². The Labute approximate surface area is 157 Å². The number of nitrogens with zero attached hydrogens (tertiary/aromatic N) is 2. The molecule has 2 aromatic rings. The van der Waals surface area contributed by atoms with Crippen molar-refractivity contribution in [2.24, 2.45) is 0 Å². The van der Waals surface area contributed by atoms with Gasteiger partial charge in [0.25, 0.3) is 5.91 Å². The fourth-order valence-corrected chi connectivity index (χ4v) is 2.94. The van der Waals surface area contributed by atoms with Crippen molar-refractivity contribution in [2.75, 3.05) is 18.5 Å². The topological polar surface area (TPSA) is 93.2 Å². The van der Waals surface area contributed by atoms with Crippen LogP contribution in [0.5, 0.6) is 5.75 Å². The first-order chi connectivity index (χ1) is 12.5. The van der Waals surface area contributed by atoms with E-state index >= 15 is 0 Å². The van der Waals surface area contributed by atoms with Crippen LogP contribution in [0, 0.1) is 0 Å². The van der Waals surface area contributed by atoms with Gasteiger partial charge in [-0.3, -0.25) is 9.59 Å². The molecule has 0 aliphatic rings. The van der Waals surface area contributed by atoms with Crippen molar-refractivity contribution < 1.29 is 14.3 Å². The van der Waals surface area contributed by atoms with Gasteiger partial charge in [-0.2, -0.15) is 0 Å². The molecular formula is C18H24N4O3S. The molecule has 0 saturated heterocycles. The van der Waals surface area contributed by atoms with Crippen LogP contribution >= 0.6 is 11.3 Å². The van der Waals surface area contributed by atoms with Crippen LogP contribution in [0.25, 0.3) is 0 Å². The summed E-state index contributed by atoms with van der Waals surface area (Å²) >= 11 is 1.38. The van der Waals surface area contributed by atoms with E-state index in [4.69, 9.17) is 4.74 Å². The Balaban J connectivity index is 1.74. The lowest BCUT2D eigenvalue weighted by Crippen LogP contribution is -2.26. The second-order valence-electron chi connectivity index (χ2n) is 5.94. The fraction of sp³-hybridized carbons (Fsp3) is 0.444. The summed E-state index contributed by atoms with van der Waals surface area (Å²) < 4.78 is 5.45. The highest BCUT2D eigenvalue weighted by atomic mass is 32.1. The quantitative estimate of drug-likeness (QED) is 0.656. The molecule has 0 radical (unpaired) electrons. The molecule has 26 heavy (non-hydrogen) atoms. The van der Waals surface area contributed by atoms with Crippen LogP contribution in [-0.4, -0.2) is 35.2 Å². The van der Waals surface area contributed by atoms with Gasteiger partial charge in [0.15, 0.2) is 0 Å². The predicted octanol–water partition coefficient (Wildman–Crippen LogP) is 3.21. The zero-order valence-corrected chi connectivity index (χ0v) is 16.1. The van der Waals surface area contributed by atoms with Crippen molar-refractivity contribution in [3.05, 3.63) is 34.8 Å². The van der Waals surface area contributed by atoms with Crippen molar-refractivity contribution in [3.8, 4) is 5.75 Å². The maximum atomic E-state index is 12.2. The third-order valence-electron chi connectivity index (χ3n) is 3.48. The number of hydrogen-bond donors (Lipinski definition) is 2. The van der Waals surface area contributed by atoms with Crippen molar-refractivity contribution >= 4 is 28.3 Å². The molecular weight excluding hydrogens is 352 g/mol. The predicted molar refractivity (Wildman–Crippen MR) is 102 cm³/mol. The van der Waals surface area contributed by atoms with E-state index in [0.717, 1.165) is 5.01 Å². The number of rotatable bonds is 9. The third kappa shape index (κ3) is 5.80. The summed E-state index contributed by atoms with van der Waals surface area (Å²) in [6, 6.07) is 7.09. The number of para-hydroxylation sites is 1. The normalized spacial score (nSPS) is 10.6. The molecule has 0 spiro atoms. The summed E-state index contributed by atoms with van der Waals surface area (Å²) in [5.41, 5.74) is 0.494. The molecule has 140 valence electrons. The Morgan fingerprint density at radius 1 is 1.23 bits per heavy atom. The first kappa shape index (κ1) is 19.8. The number of ether oxygens (including phenoxy) is 1. The van der Waals surface area contributed by atoms with E-state index in [-0.39, 0.29) is 17.7 Å². The second-order valence-corrected chi connectivity index (χ2v) is 6.95. The lowest BCUT2D eigenvalue weighted by atomic mass is 10.2. The van der Waals surface area contributed by atoms with Crippen LogP contribution in [0.2, 0.25) is 0 Å². The van der Waals surface area contributed by atoms with Crippen LogP contribution in [0.1, 0.15) is 54.9 Å². The zero-order chi connectivity index (χ0) is 18.9. The molecule has 2 amide bonds. The highest BCUT2D eigenvalue weighted by Crippen LogP contribution is 2.22. The maximum Gasteiger partial charge on any atom is 0.255 e. The SMILES string of the molecule is CCOc1ccccc1C(=O)NCCCC(=O)Nc1nnc(C(C)C)s1. The van der Waals surface area contributed by atoms with Gasteiger partial charge in [-0.15, -0.1) is 10.2 Å². The van der Waals surface area contributed by atoms with E-state index in [0.29, 0.717) is 42.4 Å². The highest BCUT2D eigenvalue weighted by Gasteiger charge is 2.12. The summed E-state index contributed by atoms with van der Waals surface area (Å²) in [6.07, 6.45) is 0.828. The van der Waals surface area contributed by atoms with Crippen LogP contribution in [0.4, 0.5) is 5.13 Å². The third-order valence-corrected chi connectivity index (χ3v) is 4.62. The molecule has 8 heteroatoms. The molecule has 0 unspecified atom stereocenters. The van der Waals surface area contributed by atoms with Crippen LogP contribution in [-0.2, 0) is 4.79 Å². The Morgan fingerprint density at radius 2 is 2.00 bits per heavy atom. The van der Waals surface area contributed by atoms with Gasteiger partial charge >= 0.3 is 0 Å². The lowest BCUT2D eigenvalue weighted by molar-refractivity contribution is -0.116. The summed E-state index contributed by atoms with van der Waals surface area (Å²) in [6.45, 7) is 6.82. The molecule has 0 atom stereocenters. The van der Waals surface area contributed by atoms with Gasteiger partial charge in [0.05, 0.1) is 12.2 Å². The summed E-state index contributed by atoms with van der Waals surface area (Å²) in [4.78, 5) is 24.2. The van der Waals surface area contributed by atoms with Gasteiger partial charge in [0, 0.05) is 18.9 Å². The van der Waals surface area contributed by atoms with E-state index in [1.54, 1.807) is 18.2 Å². The van der Waals surface area contributed by atoms with Gasteiger partial charge in [-0.25, -0.2) is 0 Å². The average molecular weight is 376 g/mol. The number of amides is 2. The number of carbonyl (C=O) groups excluding carboxylic acids is 2. The van der Waals surface area contributed by atoms with E-state index in [1.807, 2.05) is 26.8 Å². The van der Waals surface area contributed by atoms with Crippen LogP contribution < -0.4 is 15.4 Å². The smallest absolute Gasteiger partial charge is 0.255 e. The van der Waals surface area contributed by atoms with Gasteiger partial charge in [-0.1, -0.05) is 37.3 Å². The van der Waals surface area contributed by atoms with Gasteiger partial charge < -0.3 is 15.4 Å². The number of nitrogens with one attached hydrogen (secondary N) is 2. The van der Waals surface area contributed by atoms with Crippen LogP contribution in [0.15, 0.2) is 24.3 Å². The first-order valence-corrected chi connectivity index (χ1v) is 9.46.